The number of nitrogens with zero attached hydrogens (tertiary/aromatic N) is 4. The lowest BCUT2D eigenvalue weighted by atomic mass is 10.3. The quantitative estimate of drug-likeness (QED) is 0.802. The molecule has 138 valence electrons. The lowest BCUT2D eigenvalue weighted by molar-refractivity contribution is 0.0783. The molecule has 0 bridgehead atoms. The van der Waals surface area contributed by atoms with Gasteiger partial charge >= 0.3 is 0 Å². The van der Waals surface area contributed by atoms with Crippen LogP contribution in [0.1, 0.15) is 9.75 Å². The SMILES string of the molecule is Cc1cc(S(=O)(=O)N2CCN(CC(O)Cn3cccn3)CC2)c(C)s1. The molecule has 2 aromatic rings. The number of rotatable bonds is 6. The molecule has 0 aromatic carbocycles. The summed E-state index contributed by atoms with van der Waals surface area (Å²) in [4.78, 5) is 4.39. The van der Waals surface area contributed by atoms with E-state index < -0.39 is 16.1 Å². The van der Waals surface area contributed by atoms with Crippen molar-refractivity contribution in [3.63, 3.8) is 0 Å². The van der Waals surface area contributed by atoms with Gasteiger partial charge in [0.15, 0.2) is 0 Å². The molecule has 1 unspecified atom stereocenters. The second-order valence-electron chi connectivity index (χ2n) is 6.36. The van der Waals surface area contributed by atoms with Gasteiger partial charge in [-0.25, -0.2) is 8.42 Å². The zero-order valence-corrected chi connectivity index (χ0v) is 16.1. The number of hydrogen-bond donors (Lipinski definition) is 1. The van der Waals surface area contributed by atoms with E-state index in [1.54, 1.807) is 21.3 Å². The Labute approximate surface area is 152 Å². The molecule has 1 fully saturated rings. The molecule has 1 saturated heterocycles. The van der Waals surface area contributed by atoms with Gasteiger partial charge in [0, 0.05) is 54.9 Å². The average molecular weight is 385 g/mol. The molecule has 3 heterocycles. The summed E-state index contributed by atoms with van der Waals surface area (Å²) in [6.45, 7) is 6.89. The predicted octanol–water partition coefficient (Wildman–Crippen LogP) is 0.929. The van der Waals surface area contributed by atoms with Crippen molar-refractivity contribution in [3.05, 3.63) is 34.3 Å². The maximum absolute atomic E-state index is 12.8. The third kappa shape index (κ3) is 4.29. The molecule has 9 heteroatoms. The van der Waals surface area contributed by atoms with Crippen LogP contribution in [0, 0.1) is 13.8 Å². The van der Waals surface area contributed by atoms with Gasteiger partial charge < -0.3 is 5.11 Å². The fourth-order valence-electron chi connectivity index (χ4n) is 3.14. The third-order valence-electron chi connectivity index (χ3n) is 4.37. The van der Waals surface area contributed by atoms with E-state index in [2.05, 4.69) is 10.00 Å². The van der Waals surface area contributed by atoms with Crippen LogP contribution in [0.25, 0.3) is 0 Å². The number of sulfonamides is 1. The van der Waals surface area contributed by atoms with E-state index in [1.165, 1.54) is 11.3 Å². The second kappa shape index (κ2) is 7.55. The minimum absolute atomic E-state index is 0.433. The highest BCUT2D eigenvalue weighted by Gasteiger charge is 2.30. The molecule has 7 nitrogen and oxygen atoms in total. The number of thiophene rings is 1. The van der Waals surface area contributed by atoms with Crippen molar-refractivity contribution in [3.8, 4) is 0 Å². The van der Waals surface area contributed by atoms with Gasteiger partial charge in [-0.15, -0.1) is 11.3 Å². The van der Waals surface area contributed by atoms with E-state index in [-0.39, 0.29) is 0 Å². The summed E-state index contributed by atoms with van der Waals surface area (Å²) in [6, 6.07) is 3.58. The van der Waals surface area contributed by atoms with Crippen LogP contribution in [0.5, 0.6) is 0 Å². The first-order valence-corrected chi connectivity index (χ1v) is 10.6. The van der Waals surface area contributed by atoms with Crippen LogP contribution in [-0.2, 0) is 16.6 Å². The Balaban J connectivity index is 1.55. The third-order valence-corrected chi connectivity index (χ3v) is 7.49. The molecule has 1 aliphatic heterocycles. The Morgan fingerprint density at radius 2 is 1.96 bits per heavy atom. The van der Waals surface area contributed by atoms with Crippen LogP contribution >= 0.6 is 11.3 Å². The van der Waals surface area contributed by atoms with Crippen LogP contribution in [0.2, 0.25) is 0 Å². The van der Waals surface area contributed by atoms with Gasteiger partial charge in [-0.05, 0) is 26.0 Å². The zero-order valence-electron chi connectivity index (χ0n) is 14.5. The van der Waals surface area contributed by atoms with Crippen molar-refractivity contribution in [1.82, 2.24) is 19.0 Å². The van der Waals surface area contributed by atoms with E-state index in [1.807, 2.05) is 26.1 Å². The highest BCUT2D eigenvalue weighted by molar-refractivity contribution is 7.89. The molecule has 0 spiro atoms. The lowest BCUT2D eigenvalue weighted by Crippen LogP contribution is -2.50. The fraction of sp³-hybridized carbons (Fsp3) is 0.562. The van der Waals surface area contributed by atoms with Crippen LogP contribution in [-0.4, -0.2) is 71.3 Å². The number of piperazine rings is 1. The van der Waals surface area contributed by atoms with Crippen molar-refractivity contribution < 1.29 is 13.5 Å². The highest BCUT2D eigenvalue weighted by atomic mass is 32.2. The number of hydrogen-bond acceptors (Lipinski definition) is 6. The van der Waals surface area contributed by atoms with Gasteiger partial charge in [0.1, 0.15) is 0 Å². The molecule has 0 radical (unpaired) electrons. The first-order valence-electron chi connectivity index (χ1n) is 8.31. The summed E-state index contributed by atoms with van der Waals surface area (Å²) >= 11 is 1.51. The maximum Gasteiger partial charge on any atom is 0.244 e. The minimum Gasteiger partial charge on any atom is -0.390 e. The van der Waals surface area contributed by atoms with Gasteiger partial charge in [-0.1, -0.05) is 0 Å². The number of aliphatic hydroxyl groups excluding tert-OH is 1. The highest BCUT2D eigenvalue weighted by Crippen LogP contribution is 2.28. The molecule has 3 rings (SSSR count). The van der Waals surface area contributed by atoms with Crippen molar-refractivity contribution in [2.75, 3.05) is 32.7 Å². The Kier molecular flexibility index (Phi) is 5.59. The van der Waals surface area contributed by atoms with Crippen LogP contribution in [0.4, 0.5) is 0 Å². The van der Waals surface area contributed by atoms with Crippen molar-refractivity contribution in [2.24, 2.45) is 0 Å². The van der Waals surface area contributed by atoms with E-state index in [4.69, 9.17) is 0 Å². The van der Waals surface area contributed by atoms with E-state index in [0.717, 1.165) is 9.75 Å². The van der Waals surface area contributed by atoms with Crippen LogP contribution < -0.4 is 0 Å². The van der Waals surface area contributed by atoms with Crippen molar-refractivity contribution in [2.45, 2.75) is 31.4 Å². The summed E-state index contributed by atoms with van der Waals surface area (Å²) < 4.78 is 28.9. The summed E-state index contributed by atoms with van der Waals surface area (Å²) in [5.41, 5.74) is 0. The summed E-state index contributed by atoms with van der Waals surface area (Å²) in [5, 5.41) is 14.3. The van der Waals surface area contributed by atoms with Crippen LogP contribution in [0.15, 0.2) is 29.4 Å². The molecule has 0 aliphatic carbocycles. The summed E-state index contributed by atoms with van der Waals surface area (Å²) in [7, 11) is -3.42. The number of aliphatic hydroxyl groups is 1. The molecule has 0 saturated carbocycles. The number of aromatic nitrogens is 2. The normalized spacial score (nSPS) is 18.5. The van der Waals surface area contributed by atoms with E-state index >= 15 is 0 Å². The van der Waals surface area contributed by atoms with Gasteiger partial charge in [-0.3, -0.25) is 9.58 Å². The van der Waals surface area contributed by atoms with Gasteiger partial charge in [0.2, 0.25) is 10.0 Å². The van der Waals surface area contributed by atoms with Gasteiger partial charge in [-0.2, -0.15) is 9.40 Å². The van der Waals surface area contributed by atoms with Gasteiger partial charge in [0.25, 0.3) is 0 Å². The zero-order chi connectivity index (χ0) is 18.0. The minimum atomic E-state index is -3.42. The molecule has 25 heavy (non-hydrogen) atoms. The standard InChI is InChI=1S/C16H24N4O3S2/c1-13-10-16(14(2)24-13)25(22,23)20-8-6-18(7-9-20)11-15(21)12-19-5-3-4-17-19/h3-5,10,15,21H,6-9,11-12H2,1-2H3. The van der Waals surface area contributed by atoms with E-state index in [0.29, 0.717) is 44.2 Å². The molecule has 1 aliphatic rings. The molecule has 0 amide bonds. The predicted molar refractivity (Wildman–Crippen MR) is 97.2 cm³/mol. The number of β-amino-alcohol motifs (C(OH)–C–C–N with tert-alkyl or cyclic N) is 1. The second-order valence-corrected chi connectivity index (χ2v) is 9.73. The Hall–Kier alpha value is -1.26. The monoisotopic (exact) mass is 384 g/mol. The Bertz CT molecular complexity index is 793. The smallest absolute Gasteiger partial charge is 0.244 e. The average Bonchev–Trinajstić information content (AvgIpc) is 3.17. The van der Waals surface area contributed by atoms with Crippen LogP contribution in [0.3, 0.4) is 0 Å². The maximum atomic E-state index is 12.8. The largest absolute Gasteiger partial charge is 0.390 e. The number of aryl methyl sites for hydroxylation is 2. The van der Waals surface area contributed by atoms with Gasteiger partial charge in [0.05, 0.1) is 17.5 Å². The summed E-state index contributed by atoms with van der Waals surface area (Å²) in [6.07, 6.45) is 2.98. The molecule has 2 aromatic heterocycles. The molecule has 1 atom stereocenters. The van der Waals surface area contributed by atoms with Crippen molar-refractivity contribution in [1.29, 1.82) is 0 Å². The molecular formula is C16H24N4O3S2. The summed E-state index contributed by atoms with van der Waals surface area (Å²) in [5.74, 6) is 0. The topological polar surface area (TPSA) is 78.7 Å². The first-order chi connectivity index (χ1) is 11.9. The Morgan fingerprint density at radius 1 is 1.24 bits per heavy atom. The fourth-order valence-corrected chi connectivity index (χ4v) is 6.08. The lowest BCUT2D eigenvalue weighted by Gasteiger charge is -2.34. The Morgan fingerprint density at radius 3 is 2.52 bits per heavy atom. The van der Waals surface area contributed by atoms with E-state index in [9.17, 15) is 13.5 Å². The van der Waals surface area contributed by atoms with Crippen molar-refractivity contribution >= 4 is 21.4 Å². The molecular weight excluding hydrogens is 360 g/mol. The molecule has 1 N–H and O–H groups in total. The first kappa shape index (κ1) is 18.5.